The third kappa shape index (κ3) is 11.1. The Balaban J connectivity index is 0.000000188. The van der Waals surface area contributed by atoms with E-state index in [1.165, 1.54) is 0 Å². The van der Waals surface area contributed by atoms with Gasteiger partial charge < -0.3 is 44.8 Å². The number of hydrogen-bond donors (Lipinski definition) is 4. The molecule has 10 rings (SSSR count). The molecule has 0 spiro atoms. The number of hydrogen-bond acceptors (Lipinski definition) is 12. The first-order valence-corrected chi connectivity index (χ1v) is 26.5. The smallest absolute Gasteiger partial charge is 0.410 e. The summed E-state index contributed by atoms with van der Waals surface area (Å²) >= 11 is 13.0. The third-order valence-electron chi connectivity index (χ3n) is 14.7. The number of ether oxygens (including phenoxy) is 2. The summed E-state index contributed by atoms with van der Waals surface area (Å²) in [6.07, 6.45) is 15.4. The van der Waals surface area contributed by atoms with E-state index in [1.807, 2.05) is 103 Å². The van der Waals surface area contributed by atoms with Crippen molar-refractivity contribution in [2.45, 2.75) is 102 Å². The van der Waals surface area contributed by atoms with Gasteiger partial charge in [0.25, 0.3) is 0 Å². The highest BCUT2D eigenvalue weighted by molar-refractivity contribution is 6.31. The Labute approximate surface area is 457 Å². The number of benzene rings is 2. The van der Waals surface area contributed by atoms with Crippen molar-refractivity contribution in [3.05, 3.63) is 175 Å². The van der Waals surface area contributed by atoms with Crippen LogP contribution in [0, 0.1) is 11.8 Å². The second kappa shape index (κ2) is 21.8. The van der Waals surface area contributed by atoms with Gasteiger partial charge in [0.1, 0.15) is 28.4 Å². The number of halogens is 2. The fraction of sp³-hybridized carbons (Fsp3) is 0.404. The molecule has 5 N–H and O–H groups in total. The Morgan fingerprint density at radius 3 is 1.68 bits per heavy atom. The van der Waals surface area contributed by atoms with Crippen LogP contribution >= 0.6 is 23.2 Å². The minimum Gasteiger partial charge on any atom is -0.444 e. The van der Waals surface area contributed by atoms with Crippen LogP contribution in [0.15, 0.2) is 103 Å². The maximum atomic E-state index is 12.8. The number of aryl methyl sites for hydroxylation is 1. The standard InChI is InChI=1S/C29H32ClN7O3.C28H32ClN5O3/c1-28(2,3)40-27(38)37-12-9-19(10-13-37)29(39)23-8-7-20(30)15-21(23)22(14-18-6-5-11-33-26(18)29)25(34-35-31)24-16-32-17-36(24)4;1-27(2,3)37-26(35)34-11-8-18(9-12-34)28(36)22-7-6-19(29)14-20(22)21(24(30)23-15-31-16-33-23)13-17-5-4-10-32-25(17)28/h5-8,11,14-17,19,25,39H,9-10,12-13H2,1-4H3;4-7,10,13-16,18,24,36H,8-9,11-12,30H2,1-3H3,(H,31,33). The first-order chi connectivity index (χ1) is 36.6. The molecule has 77 heavy (non-hydrogen) atoms. The molecule has 2 saturated heterocycles. The summed E-state index contributed by atoms with van der Waals surface area (Å²) in [4.78, 5) is 52.8. The lowest BCUT2D eigenvalue weighted by atomic mass is 9.72. The fourth-order valence-electron chi connectivity index (χ4n) is 11.1. The lowest BCUT2D eigenvalue weighted by molar-refractivity contribution is -0.0263. The fourth-order valence-corrected chi connectivity index (χ4v) is 11.5. The van der Waals surface area contributed by atoms with Gasteiger partial charge in [-0.15, -0.1) is 0 Å². The van der Waals surface area contributed by atoms with Gasteiger partial charge in [-0.25, -0.2) is 19.6 Å². The van der Waals surface area contributed by atoms with E-state index in [1.54, 1.807) is 70.0 Å². The Morgan fingerprint density at radius 2 is 1.25 bits per heavy atom. The summed E-state index contributed by atoms with van der Waals surface area (Å²) < 4.78 is 13.0. The number of amides is 2. The quantitative estimate of drug-likeness (QED) is 0.0665. The predicted molar refractivity (Wildman–Crippen MR) is 295 cm³/mol. The topological polar surface area (TPSA) is 247 Å². The molecule has 0 radical (unpaired) electrons. The molecule has 4 unspecified atom stereocenters. The van der Waals surface area contributed by atoms with Gasteiger partial charge in [0.15, 0.2) is 0 Å². The Kier molecular flexibility index (Phi) is 15.5. The van der Waals surface area contributed by atoms with Gasteiger partial charge in [-0.1, -0.05) is 52.6 Å². The van der Waals surface area contributed by atoms with E-state index in [0.29, 0.717) is 107 Å². The average molecular weight is 1080 g/mol. The molecule has 0 bridgehead atoms. The van der Waals surface area contributed by atoms with E-state index in [2.05, 4.69) is 25.0 Å². The number of rotatable bonds is 7. The van der Waals surface area contributed by atoms with Crippen LogP contribution in [0.1, 0.15) is 135 Å². The van der Waals surface area contributed by atoms with Crippen LogP contribution in [-0.2, 0) is 27.7 Å². The largest absolute Gasteiger partial charge is 0.444 e. The molecule has 4 atom stereocenters. The molecule has 2 aliphatic heterocycles. The number of pyridine rings is 2. The van der Waals surface area contributed by atoms with Crippen LogP contribution in [0.4, 0.5) is 9.59 Å². The molecule has 2 aliphatic carbocycles. The Hall–Kier alpha value is -7.05. The number of H-pyrrole nitrogens is 1. The minimum absolute atomic E-state index is 0.198. The van der Waals surface area contributed by atoms with Crippen molar-refractivity contribution in [2.75, 3.05) is 26.2 Å². The summed E-state index contributed by atoms with van der Waals surface area (Å²) in [5.74, 6) is -0.460. The third-order valence-corrected chi connectivity index (χ3v) is 15.2. The van der Waals surface area contributed by atoms with Crippen LogP contribution in [0.25, 0.3) is 33.7 Å². The molecule has 6 aromatic rings. The zero-order valence-corrected chi connectivity index (χ0v) is 45.7. The lowest BCUT2D eigenvalue weighted by Gasteiger charge is -2.42. The van der Waals surface area contributed by atoms with Gasteiger partial charge >= 0.3 is 12.2 Å². The minimum atomic E-state index is -1.50. The summed E-state index contributed by atoms with van der Waals surface area (Å²) in [5, 5.41) is 30.7. The highest BCUT2D eigenvalue weighted by Gasteiger charge is 2.49. The van der Waals surface area contributed by atoms with Gasteiger partial charge in [-0.05, 0) is 166 Å². The van der Waals surface area contributed by atoms with Crippen molar-refractivity contribution in [3.8, 4) is 0 Å². The highest BCUT2D eigenvalue weighted by Crippen LogP contribution is 2.52. The number of piperidine rings is 2. The van der Waals surface area contributed by atoms with Crippen molar-refractivity contribution in [1.29, 1.82) is 0 Å². The summed E-state index contributed by atoms with van der Waals surface area (Å²) in [5.41, 5.74) is 20.5. The second-order valence-corrected chi connectivity index (χ2v) is 22.9. The van der Waals surface area contributed by atoms with E-state index in [0.717, 1.165) is 22.4 Å². The number of imidazole rings is 2. The Morgan fingerprint density at radius 1 is 0.766 bits per heavy atom. The summed E-state index contributed by atoms with van der Waals surface area (Å²) in [6.45, 7) is 12.9. The van der Waals surface area contributed by atoms with Crippen molar-refractivity contribution in [2.24, 2.45) is 29.7 Å². The van der Waals surface area contributed by atoms with E-state index < -0.39 is 34.5 Å². The van der Waals surface area contributed by atoms with Crippen molar-refractivity contribution in [1.82, 2.24) is 39.3 Å². The first kappa shape index (κ1) is 54.7. The number of aromatic nitrogens is 6. The van der Waals surface area contributed by atoms with Crippen LogP contribution in [-0.4, -0.2) is 99.1 Å². The molecule has 2 amide bonds. The number of azide groups is 1. The molecule has 4 aromatic heterocycles. The van der Waals surface area contributed by atoms with Gasteiger partial charge in [-0.3, -0.25) is 9.97 Å². The zero-order valence-electron chi connectivity index (χ0n) is 44.2. The number of aliphatic hydroxyl groups is 2. The van der Waals surface area contributed by atoms with Crippen molar-refractivity contribution < 1.29 is 29.3 Å². The zero-order chi connectivity index (χ0) is 55.0. The number of likely N-dealkylation sites (tertiary alicyclic amines) is 2. The van der Waals surface area contributed by atoms with E-state index in [-0.39, 0.29) is 24.0 Å². The lowest BCUT2D eigenvalue weighted by Crippen LogP contribution is -2.47. The first-order valence-electron chi connectivity index (χ1n) is 25.7. The molecular weight excluding hydrogens is 1020 g/mol. The molecule has 0 saturated carbocycles. The number of nitrogens with two attached hydrogens (primary N) is 1. The summed E-state index contributed by atoms with van der Waals surface area (Å²) in [7, 11) is 1.84. The van der Waals surface area contributed by atoms with E-state index >= 15 is 0 Å². The van der Waals surface area contributed by atoms with Crippen LogP contribution in [0.2, 0.25) is 10.0 Å². The second-order valence-electron chi connectivity index (χ2n) is 22.0. The van der Waals surface area contributed by atoms with Gasteiger partial charge in [0.05, 0.1) is 41.5 Å². The van der Waals surface area contributed by atoms with Crippen LogP contribution in [0.3, 0.4) is 0 Å². The molecule has 402 valence electrons. The molecule has 18 nitrogen and oxygen atoms in total. The number of nitrogens with zero attached hydrogens (tertiary/aromatic N) is 10. The number of carbonyl (C=O) groups is 2. The maximum absolute atomic E-state index is 12.8. The normalized spacial score (nSPS) is 20.4. The van der Waals surface area contributed by atoms with E-state index in [9.17, 15) is 25.3 Å². The molecule has 20 heteroatoms. The van der Waals surface area contributed by atoms with Crippen molar-refractivity contribution >= 4 is 58.7 Å². The molecule has 6 heterocycles. The molecule has 2 aromatic carbocycles. The monoisotopic (exact) mass is 1080 g/mol. The van der Waals surface area contributed by atoms with Crippen molar-refractivity contribution in [3.63, 3.8) is 0 Å². The number of nitrogens with one attached hydrogen (secondary N) is 1. The predicted octanol–water partition coefficient (Wildman–Crippen LogP) is 11.2. The maximum Gasteiger partial charge on any atom is 0.410 e. The van der Waals surface area contributed by atoms with Gasteiger partial charge in [-0.2, -0.15) is 0 Å². The summed E-state index contributed by atoms with van der Waals surface area (Å²) in [6, 6.07) is 17.1. The molecule has 2 fully saturated rings. The highest BCUT2D eigenvalue weighted by atomic mass is 35.5. The number of fused-ring (bicyclic) bond motifs is 4. The number of carbonyl (C=O) groups excluding carboxylic acids is 2. The SMILES string of the molecule is CC(C)(C)OC(=O)N1CCC(C2(O)c3ccc(Cl)cc3C(C(N)c3cnc[nH]3)=Cc3cccnc32)CC1.Cn1cncc1C(N=[N+]=[N-])C1=Cc2cccnc2C(O)(C2CCN(C(=O)OC(C)(C)C)CC2)c2ccc(Cl)cc21. The van der Waals surface area contributed by atoms with Crippen LogP contribution in [0.5, 0.6) is 0 Å². The van der Waals surface area contributed by atoms with Crippen LogP contribution < -0.4 is 5.73 Å². The number of aromatic amines is 1. The van der Waals surface area contributed by atoms with E-state index in [4.69, 9.17) is 48.4 Å². The Bertz CT molecular complexity index is 3270. The average Bonchev–Trinajstić information content (AvgIpc) is 4.21. The molecular formula is C57H64Cl2N12O6. The van der Waals surface area contributed by atoms with Gasteiger partial charge in [0, 0.05) is 84.8 Å². The van der Waals surface area contributed by atoms with Gasteiger partial charge in [0.2, 0.25) is 0 Å². The molecule has 4 aliphatic rings.